The monoisotopic (exact) mass is 332 g/mol. The Morgan fingerprint density at radius 3 is 2.94 bits per heavy atom. The first-order valence-electron chi connectivity index (χ1n) is 6.48. The molecule has 1 aliphatic rings. The Morgan fingerprint density at radius 1 is 1.56 bits per heavy atom. The second-order valence-electron chi connectivity index (χ2n) is 4.82. The summed E-state index contributed by atoms with van der Waals surface area (Å²) in [6.45, 7) is 2.53. The van der Waals surface area contributed by atoms with E-state index in [0.717, 1.165) is 13.2 Å². The number of hydrogen-bond donors (Lipinski definition) is 1. The molecule has 2 atom stereocenters. The summed E-state index contributed by atoms with van der Waals surface area (Å²) in [5, 5.41) is 0. The van der Waals surface area contributed by atoms with Gasteiger partial charge in [-0.25, -0.2) is 0 Å². The van der Waals surface area contributed by atoms with Crippen molar-refractivity contribution in [2.45, 2.75) is 31.4 Å². The van der Waals surface area contributed by atoms with Crippen LogP contribution in [0.15, 0.2) is 15.9 Å². The van der Waals surface area contributed by atoms with Gasteiger partial charge in [0.05, 0.1) is 15.9 Å². The first-order valence-corrected chi connectivity index (χ1v) is 8.09. The van der Waals surface area contributed by atoms with Gasteiger partial charge >= 0.3 is 0 Å². The van der Waals surface area contributed by atoms with Gasteiger partial charge in [0, 0.05) is 24.6 Å². The number of nitrogens with zero attached hydrogens (tertiary/aromatic N) is 1. The van der Waals surface area contributed by atoms with Crippen LogP contribution in [-0.4, -0.2) is 37.7 Å². The molecule has 5 heteroatoms. The lowest BCUT2D eigenvalue weighted by atomic mass is 10.1. The van der Waals surface area contributed by atoms with Crippen LogP contribution in [0.25, 0.3) is 0 Å². The van der Waals surface area contributed by atoms with Crippen molar-refractivity contribution in [1.29, 1.82) is 0 Å². The Balaban J connectivity index is 1.94. The molecule has 2 unspecified atom stereocenters. The summed E-state index contributed by atoms with van der Waals surface area (Å²) < 4.78 is 6.96. The lowest BCUT2D eigenvalue weighted by Gasteiger charge is -2.31. The molecule has 1 aliphatic heterocycles. The largest absolute Gasteiger partial charge is 0.377 e. The van der Waals surface area contributed by atoms with Gasteiger partial charge in [0.25, 0.3) is 0 Å². The van der Waals surface area contributed by atoms with E-state index in [1.807, 2.05) is 0 Å². The highest BCUT2D eigenvalue weighted by atomic mass is 79.9. The highest BCUT2D eigenvalue weighted by molar-refractivity contribution is 9.11. The number of likely N-dealkylation sites (N-methyl/N-ethyl adjacent to an activating group) is 1. The molecular formula is C13H21BrN2OS. The van der Waals surface area contributed by atoms with E-state index in [1.54, 1.807) is 11.3 Å². The highest BCUT2D eigenvalue weighted by Gasteiger charge is 2.22. The SMILES string of the molecule is CN(CC1CCCCO1)C(CN)c1ccc(Br)s1. The number of ether oxygens (including phenoxy) is 1. The second-order valence-corrected chi connectivity index (χ2v) is 7.32. The van der Waals surface area contributed by atoms with Crippen molar-refractivity contribution in [3.63, 3.8) is 0 Å². The molecule has 1 fully saturated rings. The van der Waals surface area contributed by atoms with Crippen LogP contribution in [0, 0.1) is 0 Å². The van der Waals surface area contributed by atoms with Crippen molar-refractivity contribution < 1.29 is 4.74 Å². The summed E-state index contributed by atoms with van der Waals surface area (Å²) in [7, 11) is 2.14. The molecule has 0 radical (unpaired) electrons. The number of halogens is 1. The van der Waals surface area contributed by atoms with E-state index in [9.17, 15) is 0 Å². The molecule has 2 rings (SSSR count). The average Bonchev–Trinajstić information content (AvgIpc) is 2.78. The molecule has 102 valence electrons. The molecule has 1 aromatic heterocycles. The average molecular weight is 333 g/mol. The summed E-state index contributed by atoms with van der Waals surface area (Å²) in [6, 6.07) is 4.55. The van der Waals surface area contributed by atoms with Crippen LogP contribution < -0.4 is 5.73 Å². The van der Waals surface area contributed by atoms with E-state index < -0.39 is 0 Å². The van der Waals surface area contributed by atoms with Crippen molar-refractivity contribution in [2.75, 3.05) is 26.7 Å². The molecule has 0 aromatic carbocycles. The number of hydrogen-bond acceptors (Lipinski definition) is 4. The minimum absolute atomic E-state index is 0.298. The molecule has 3 nitrogen and oxygen atoms in total. The van der Waals surface area contributed by atoms with Gasteiger partial charge in [-0.15, -0.1) is 11.3 Å². The van der Waals surface area contributed by atoms with Crippen molar-refractivity contribution in [2.24, 2.45) is 5.73 Å². The lowest BCUT2D eigenvalue weighted by Crippen LogP contribution is -2.38. The van der Waals surface area contributed by atoms with E-state index in [0.29, 0.717) is 18.7 Å². The van der Waals surface area contributed by atoms with E-state index in [4.69, 9.17) is 10.5 Å². The molecule has 0 amide bonds. The van der Waals surface area contributed by atoms with E-state index >= 15 is 0 Å². The van der Waals surface area contributed by atoms with Crippen LogP contribution in [0.1, 0.15) is 30.2 Å². The molecule has 1 saturated heterocycles. The Bertz CT molecular complexity index is 366. The minimum Gasteiger partial charge on any atom is -0.377 e. The van der Waals surface area contributed by atoms with Crippen molar-refractivity contribution in [1.82, 2.24) is 4.90 Å². The van der Waals surface area contributed by atoms with Gasteiger partial charge in [-0.1, -0.05) is 0 Å². The molecule has 2 N–H and O–H groups in total. The van der Waals surface area contributed by atoms with Gasteiger partial charge in [-0.2, -0.15) is 0 Å². The zero-order valence-electron chi connectivity index (χ0n) is 10.8. The third-order valence-corrected chi connectivity index (χ3v) is 5.17. The van der Waals surface area contributed by atoms with Crippen LogP contribution in [0.4, 0.5) is 0 Å². The summed E-state index contributed by atoms with van der Waals surface area (Å²) in [5.41, 5.74) is 5.93. The van der Waals surface area contributed by atoms with Gasteiger partial charge in [-0.05, 0) is 54.4 Å². The maximum absolute atomic E-state index is 5.93. The highest BCUT2D eigenvalue weighted by Crippen LogP contribution is 2.30. The third-order valence-electron chi connectivity index (χ3n) is 3.44. The predicted molar refractivity (Wildman–Crippen MR) is 80.0 cm³/mol. The summed E-state index contributed by atoms with van der Waals surface area (Å²) in [6.07, 6.45) is 4.05. The van der Waals surface area contributed by atoms with Gasteiger partial charge < -0.3 is 10.5 Å². The summed E-state index contributed by atoms with van der Waals surface area (Å²) in [4.78, 5) is 3.65. The molecule has 0 spiro atoms. The van der Waals surface area contributed by atoms with Crippen LogP contribution in [-0.2, 0) is 4.74 Å². The van der Waals surface area contributed by atoms with Crippen molar-refractivity contribution in [3.8, 4) is 0 Å². The first kappa shape index (κ1) is 14.5. The van der Waals surface area contributed by atoms with Gasteiger partial charge in [0.1, 0.15) is 0 Å². The predicted octanol–water partition coefficient (Wildman–Crippen LogP) is 3.01. The minimum atomic E-state index is 0.298. The van der Waals surface area contributed by atoms with Gasteiger partial charge in [0.15, 0.2) is 0 Å². The van der Waals surface area contributed by atoms with Crippen LogP contribution in [0.2, 0.25) is 0 Å². The quantitative estimate of drug-likeness (QED) is 0.900. The Labute approximate surface area is 121 Å². The first-order chi connectivity index (χ1) is 8.70. The number of rotatable bonds is 5. The summed E-state index contributed by atoms with van der Waals surface area (Å²) >= 11 is 5.28. The number of nitrogens with two attached hydrogens (primary N) is 1. The maximum Gasteiger partial charge on any atom is 0.0702 e. The second kappa shape index (κ2) is 7.01. The number of thiophene rings is 1. The van der Waals surface area contributed by atoms with Crippen molar-refractivity contribution >= 4 is 27.3 Å². The molecular weight excluding hydrogens is 312 g/mol. The molecule has 18 heavy (non-hydrogen) atoms. The molecule has 1 aromatic rings. The zero-order chi connectivity index (χ0) is 13.0. The van der Waals surface area contributed by atoms with Crippen molar-refractivity contribution in [3.05, 3.63) is 20.8 Å². The smallest absolute Gasteiger partial charge is 0.0702 e. The molecule has 0 aliphatic carbocycles. The van der Waals surface area contributed by atoms with Gasteiger partial charge in [-0.3, -0.25) is 4.90 Å². The standard InChI is InChI=1S/C13H21BrN2OS/c1-16(9-10-4-2-3-7-17-10)11(8-15)12-5-6-13(14)18-12/h5-6,10-11H,2-4,7-9,15H2,1H3. The third kappa shape index (κ3) is 3.78. The molecule has 0 saturated carbocycles. The van der Waals surface area contributed by atoms with E-state index in [2.05, 4.69) is 40.0 Å². The van der Waals surface area contributed by atoms with E-state index in [-0.39, 0.29) is 0 Å². The maximum atomic E-state index is 5.93. The fraction of sp³-hybridized carbons (Fsp3) is 0.692. The normalized spacial score (nSPS) is 22.3. The summed E-state index contributed by atoms with van der Waals surface area (Å²) in [5.74, 6) is 0. The molecule has 2 heterocycles. The van der Waals surface area contributed by atoms with Crippen LogP contribution >= 0.6 is 27.3 Å². The van der Waals surface area contributed by atoms with Gasteiger partial charge in [0.2, 0.25) is 0 Å². The topological polar surface area (TPSA) is 38.5 Å². The fourth-order valence-electron chi connectivity index (χ4n) is 2.42. The molecule has 0 bridgehead atoms. The Morgan fingerprint density at radius 2 is 2.39 bits per heavy atom. The zero-order valence-corrected chi connectivity index (χ0v) is 13.2. The Hall–Kier alpha value is 0.0600. The van der Waals surface area contributed by atoms with E-state index in [1.165, 1.54) is 27.9 Å². The Kier molecular flexibility index (Phi) is 5.63. The lowest BCUT2D eigenvalue weighted by molar-refractivity contribution is -0.00754. The fourth-order valence-corrected chi connectivity index (χ4v) is 4.02. The van der Waals surface area contributed by atoms with Crippen LogP contribution in [0.5, 0.6) is 0 Å². The van der Waals surface area contributed by atoms with Crippen LogP contribution in [0.3, 0.4) is 0 Å².